The van der Waals surface area contributed by atoms with Crippen molar-refractivity contribution in [3.8, 4) is 0 Å². The monoisotopic (exact) mass is 435 g/mol. The van der Waals surface area contributed by atoms with Gasteiger partial charge in [0.2, 0.25) is 21.8 Å². The third-order valence-corrected chi connectivity index (χ3v) is 7.21. The number of carbonyl (C=O) groups is 1. The molecular weight excluding hydrogens is 410 g/mol. The zero-order chi connectivity index (χ0) is 21.1. The lowest BCUT2D eigenvalue weighted by Gasteiger charge is -2.34. The summed E-state index contributed by atoms with van der Waals surface area (Å²) in [6.45, 7) is 6.38. The van der Waals surface area contributed by atoms with Crippen LogP contribution in [-0.4, -0.2) is 91.1 Å². The minimum Gasteiger partial charge on any atom is -0.424 e. The first kappa shape index (κ1) is 20.9. The fourth-order valence-corrected chi connectivity index (χ4v) is 5.00. The number of nitrogens with zero attached hydrogens (tertiary/aromatic N) is 5. The fraction of sp³-hybridized carbons (Fsp3) is 0.526. The van der Waals surface area contributed by atoms with E-state index < -0.39 is 10.0 Å². The number of benzene rings is 1. The van der Waals surface area contributed by atoms with Crippen molar-refractivity contribution in [2.75, 3.05) is 52.5 Å². The molecule has 162 valence electrons. The van der Waals surface area contributed by atoms with Crippen LogP contribution in [0.25, 0.3) is 0 Å². The number of hydrogen-bond donors (Lipinski definition) is 0. The van der Waals surface area contributed by atoms with Gasteiger partial charge in [-0.05, 0) is 24.3 Å². The van der Waals surface area contributed by atoms with E-state index in [1.807, 2.05) is 0 Å². The van der Waals surface area contributed by atoms with E-state index in [-0.39, 0.29) is 10.8 Å². The maximum atomic E-state index is 12.8. The average molecular weight is 436 g/mol. The minimum atomic E-state index is -3.56. The molecule has 1 aromatic carbocycles. The summed E-state index contributed by atoms with van der Waals surface area (Å²) in [6.07, 6.45) is 0. The molecule has 3 heterocycles. The van der Waals surface area contributed by atoms with Crippen LogP contribution in [0.1, 0.15) is 22.1 Å². The summed E-state index contributed by atoms with van der Waals surface area (Å²) in [5.41, 5.74) is 0.483. The second-order valence-electron chi connectivity index (χ2n) is 7.32. The number of aryl methyl sites for hydroxylation is 1. The lowest BCUT2D eigenvalue weighted by atomic mass is 10.2. The van der Waals surface area contributed by atoms with Crippen molar-refractivity contribution in [3.05, 3.63) is 41.6 Å². The fourth-order valence-electron chi connectivity index (χ4n) is 3.59. The highest BCUT2D eigenvalue weighted by Gasteiger charge is 2.27. The Balaban J connectivity index is 1.35. The van der Waals surface area contributed by atoms with Gasteiger partial charge in [0.05, 0.1) is 24.7 Å². The Bertz CT molecular complexity index is 977. The topological polar surface area (TPSA) is 109 Å². The lowest BCUT2D eigenvalue weighted by Crippen LogP contribution is -2.48. The molecule has 0 aliphatic carbocycles. The Labute approximate surface area is 175 Å². The smallest absolute Gasteiger partial charge is 0.253 e. The van der Waals surface area contributed by atoms with Crippen LogP contribution < -0.4 is 0 Å². The van der Waals surface area contributed by atoms with E-state index in [1.165, 1.54) is 16.4 Å². The molecule has 2 saturated heterocycles. The van der Waals surface area contributed by atoms with Crippen LogP contribution in [0.15, 0.2) is 33.6 Å². The predicted molar refractivity (Wildman–Crippen MR) is 106 cm³/mol. The summed E-state index contributed by atoms with van der Waals surface area (Å²) >= 11 is 0. The first-order chi connectivity index (χ1) is 14.4. The van der Waals surface area contributed by atoms with Crippen molar-refractivity contribution in [3.63, 3.8) is 0 Å². The van der Waals surface area contributed by atoms with E-state index in [1.54, 1.807) is 24.0 Å². The number of piperazine rings is 1. The standard InChI is InChI=1S/C19H25N5O5S/c1-15-20-21-18(29-15)14-22-6-8-23(9-7-22)19(25)16-2-4-17(5-3-16)30(26,27)24-10-12-28-13-11-24/h2-5H,6-14H2,1H3. The number of morpholine rings is 1. The van der Waals surface area contributed by atoms with Crippen LogP contribution >= 0.6 is 0 Å². The Morgan fingerprint density at radius 1 is 1.00 bits per heavy atom. The highest BCUT2D eigenvalue weighted by Crippen LogP contribution is 2.19. The molecule has 2 aromatic rings. The molecule has 30 heavy (non-hydrogen) atoms. The maximum absolute atomic E-state index is 12.8. The van der Waals surface area contributed by atoms with Crippen LogP contribution in [0.5, 0.6) is 0 Å². The third-order valence-electron chi connectivity index (χ3n) is 5.30. The molecule has 0 bridgehead atoms. The van der Waals surface area contributed by atoms with Gasteiger partial charge in [0, 0.05) is 51.8 Å². The molecule has 0 radical (unpaired) electrons. The van der Waals surface area contributed by atoms with Crippen LogP contribution in [-0.2, 0) is 21.3 Å². The van der Waals surface area contributed by atoms with Gasteiger partial charge in [-0.25, -0.2) is 8.42 Å². The van der Waals surface area contributed by atoms with E-state index in [2.05, 4.69) is 15.1 Å². The van der Waals surface area contributed by atoms with E-state index in [9.17, 15) is 13.2 Å². The van der Waals surface area contributed by atoms with Crippen LogP contribution in [0.4, 0.5) is 0 Å². The van der Waals surface area contributed by atoms with Crippen LogP contribution in [0.2, 0.25) is 0 Å². The molecule has 0 spiro atoms. The second-order valence-corrected chi connectivity index (χ2v) is 9.26. The van der Waals surface area contributed by atoms with Crippen molar-refractivity contribution in [2.45, 2.75) is 18.4 Å². The molecule has 2 aliphatic rings. The second kappa shape index (κ2) is 8.80. The maximum Gasteiger partial charge on any atom is 0.253 e. The summed E-state index contributed by atoms with van der Waals surface area (Å²) in [6, 6.07) is 6.19. The van der Waals surface area contributed by atoms with Gasteiger partial charge in [-0.1, -0.05) is 0 Å². The minimum absolute atomic E-state index is 0.0985. The summed E-state index contributed by atoms with van der Waals surface area (Å²) < 4.78 is 37.5. The van der Waals surface area contributed by atoms with Crippen molar-refractivity contribution in [1.82, 2.24) is 24.3 Å². The van der Waals surface area contributed by atoms with Gasteiger partial charge in [-0.2, -0.15) is 4.31 Å². The zero-order valence-corrected chi connectivity index (χ0v) is 17.7. The number of hydrogen-bond acceptors (Lipinski definition) is 8. The van der Waals surface area contributed by atoms with Crippen LogP contribution in [0, 0.1) is 6.92 Å². The average Bonchev–Trinajstić information content (AvgIpc) is 3.19. The number of sulfonamides is 1. The molecule has 0 atom stereocenters. The van der Waals surface area contributed by atoms with E-state index in [4.69, 9.17) is 9.15 Å². The number of aromatic nitrogens is 2. The quantitative estimate of drug-likeness (QED) is 0.662. The molecule has 2 aliphatic heterocycles. The summed E-state index contributed by atoms with van der Waals surface area (Å²) in [5.74, 6) is 1.01. The number of amides is 1. The number of rotatable bonds is 5. The highest BCUT2D eigenvalue weighted by atomic mass is 32.2. The van der Waals surface area contributed by atoms with Gasteiger partial charge in [0.15, 0.2) is 0 Å². The summed E-state index contributed by atoms with van der Waals surface area (Å²) in [5, 5.41) is 7.83. The Hall–Kier alpha value is -2.34. The summed E-state index contributed by atoms with van der Waals surface area (Å²) in [4.78, 5) is 17.0. The largest absolute Gasteiger partial charge is 0.424 e. The zero-order valence-electron chi connectivity index (χ0n) is 16.9. The van der Waals surface area contributed by atoms with Crippen molar-refractivity contribution in [1.29, 1.82) is 0 Å². The highest BCUT2D eigenvalue weighted by molar-refractivity contribution is 7.89. The van der Waals surface area contributed by atoms with E-state index >= 15 is 0 Å². The van der Waals surface area contributed by atoms with Gasteiger partial charge in [-0.15, -0.1) is 10.2 Å². The van der Waals surface area contributed by atoms with Crippen molar-refractivity contribution < 1.29 is 22.4 Å². The van der Waals surface area contributed by atoms with Crippen molar-refractivity contribution in [2.24, 2.45) is 0 Å². The predicted octanol–water partition coefficient (Wildman–Crippen LogP) is 0.357. The molecule has 0 N–H and O–H groups in total. The molecule has 0 unspecified atom stereocenters. The molecule has 1 amide bonds. The first-order valence-electron chi connectivity index (χ1n) is 9.92. The molecule has 2 fully saturated rings. The Morgan fingerprint density at radius 3 is 2.27 bits per heavy atom. The van der Waals surface area contributed by atoms with Gasteiger partial charge in [0.1, 0.15) is 0 Å². The first-order valence-corrected chi connectivity index (χ1v) is 11.4. The molecule has 10 nitrogen and oxygen atoms in total. The molecular formula is C19H25N5O5S. The number of carbonyl (C=O) groups excluding carboxylic acids is 1. The summed E-state index contributed by atoms with van der Waals surface area (Å²) in [7, 11) is -3.56. The molecule has 4 rings (SSSR count). The van der Waals surface area contributed by atoms with Gasteiger partial charge in [-0.3, -0.25) is 9.69 Å². The Morgan fingerprint density at radius 2 is 1.67 bits per heavy atom. The van der Waals surface area contributed by atoms with Gasteiger partial charge >= 0.3 is 0 Å². The van der Waals surface area contributed by atoms with E-state index in [0.717, 1.165) is 0 Å². The molecule has 1 aromatic heterocycles. The van der Waals surface area contributed by atoms with Gasteiger partial charge < -0.3 is 14.1 Å². The molecule has 0 saturated carbocycles. The Kier molecular flexibility index (Phi) is 6.14. The SMILES string of the molecule is Cc1nnc(CN2CCN(C(=O)c3ccc(S(=O)(=O)N4CCOCC4)cc3)CC2)o1. The van der Waals surface area contributed by atoms with E-state index in [0.29, 0.717) is 76.4 Å². The third kappa shape index (κ3) is 4.53. The van der Waals surface area contributed by atoms with Crippen molar-refractivity contribution >= 4 is 15.9 Å². The number of ether oxygens (including phenoxy) is 1. The van der Waals surface area contributed by atoms with Gasteiger partial charge in [0.25, 0.3) is 5.91 Å². The molecule has 11 heteroatoms. The normalized spacial score (nSPS) is 19.2. The van der Waals surface area contributed by atoms with Crippen LogP contribution in [0.3, 0.4) is 0 Å². The lowest BCUT2D eigenvalue weighted by molar-refractivity contribution is 0.0617.